The Kier molecular flexibility index (Phi) is 2.83. The molecule has 1 aromatic carbocycles. The zero-order valence-corrected chi connectivity index (χ0v) is 10.00. The standard InChI is InChI=1S/C12H12N4S/c1-2-4-11-10(3-1)15-12(16-11)17-6-5-9-7-13-8-14-9/h1-4,7-8H,5-6H2,(H,13,14)(H,15,16). The lowest BCUT2D eigenvalue weighted by atomic mass is 10.3. The van der Waals surface area contributed by atoms with E-state index in [9.17, 15) is 0 Å². The van der Waals surface area contributed by atoms with E-state index in [4.69, 9.17) is 0 Å². The highest BCUT2D eigenvalue weighted by atomic mass is 32.2. The zero-order chi connectivity index (χ0) is 11.5. The van der Waals surface area contributed by atoms with Gasteiger partial charge in [0.2, 0.25) is 0 Å². The van der Waals surface area contributed by atoms with Crippen LogP contribution in [0.2, 0.25) is 0 Å². The highest BCUT2D eigenvalue weighted by molar-refractivity contribution is 7.99. The largest absolute Gasteiger partial charge is 0.348 e. The smallest absolute Gasteiger partial charge is 0.166 e. The number of aromatic amines is 2. The second kappa shape index (κ2) is 4.63. The maximum absolute atomic E-state index is 4.51. The summed E-state index contributed by atoms with van der Waals surface area (Å²) in [4.78, 5) is 14.9. The van der Waals surface area contributed by atoms with Crippen molar-refractivity contribution >= 4 is 22.8 Å². The predicted octanol–water partition coefficient (Wildman–Crippen LogP) is 2.62. The zero-order valence-electron chi connectivity index (χ0n) is 9.18. The number of H-pyrrole nitrogens is 2. The van der Waals surface area contributed by atoms with Crippen molar-refractivity contribution in [1.29, 1.82) is 0 Å². The number of para-hydroxylation sites is 2. The summed E-state index contributed by atoms with van der Waals surface area (Å²) in [6, 6.07) is 8.08. The molecule has 0 aliphatic carbocycles. The van der Waals surface area contributed by atoms with Gasteiger partial charge >= 0.3 is 0 Å². The van der Waals surface area contributed by atoms with Gasteiger partial charge in [0.05, 0.1) is 17.4 Å². The van der Waals surface area contributed by atoms with Crippen LogP contribution >= 0.6 is 11.8 Å². The maximum atomic E-state index is 4.51. The molecule has 0 amide bonds. The molecule has 2 heterocycles. The summed E-state index contributed by atoms with van der Waals surface area (Å²) in [6.07, 6.45) is 4.54. The third kappa shape index (κ3) is 2.34. The van der Waals surface area contributed by atoms with E-state index in [0.29, 0.717) is 0 Å². The fourth-order valence-corrected chi connectivity index (χ4v) is 2.54. The van der Waals surface area contributed by atoms with Gasteiger partial charge in [-0.15, -0.1) is 0 Å². The number of thioether (sulfide) groups is 1. The minimum atomic E-state index is 0.974. The summed E-state index contributed by atoms with van der Waals surface area (Å²) in [5.41, 5.74) is 3.28. The third-order valence-corrected chi connectivity index (χ3v) is 3.41. The molecule has 0 aliphatic heterocycles. The first kappa shape index (κ1) is 10.4. The molecule has 86 valence electrons. The molecular formula is C12H12N4S. The number of nitrogens with one attached hydrogen (secondary N) is 2. The molecule has 0 saturated heterocycles. The van der Waals surface area contributed by atoms with Crippen LogP contribution in [0.15, 0.2) is 41.9 Å². The Bertz CT molecular complexity index is 567. The van der Waals surface area contributed by atoms with Crippen LogP contribution in [0.5, 0.6) is 0 Å². The van der Waals surface area contributed by atoms with E-state index in [2.05, 4.69) is 19.9 Å². The Balaban J connectivity index is 1.65. The number of nitrogens with zero attached hydrogens (tertiary/aromatic N) is 2. The van der Waals surface area contributed by atoms with Crippen molar-refractivity contribution in [2.75, 3.05) is 5.75 Å². The lowest BCUT2D eigenvalue weighted by molar-refractivity contribution is 1.04. The molecule has 2 N–H and O–H groups in total. The number of aromatic nitrogens is 4. The van der Waals surface area contributed by atoms with Gasteiger partial charge < -0.3 is 9.97 Å². The van der Waals surface area contributed by atoms with Crippen molar-refractivity contribution in [3.63, 3.8) is 0 Å². The van der Waals surface area contributed by atoms with Crippen LogP contribution in [0.3, 0.4) is 0 Å². The molecule has 0 fully saturated rings. The lowest BCUT2D eigenvalue weighted by Gasteiger charge is -1.95. The second-order valence-electron chi connectivity index (χ2n) is 3.73. The Morgan fingerprint density at radius 2 is 2.18 bits per heavy atom. The fraction of sp³-hybridized carbons (Fsp3) is 0.167. The van der Waals surface area contributed by atoms with E-state index in [1.54, 1.807) is 18.1 Å². The molecule has 0 radical (unpaired) electrons. The van der Waals surface area contributed by atoms with Crippen LogP contribution in [0.1, 0.15) is 5.69 Å². The molecule has 4 nitrogen and oxygen atoms in total. The van der Waals surface area contributed by atoms with Crippen LogP contribution in [0.25, 0.3) is 11.0 Å². The Hall–Kier alpha value is -1.75. The molecule has 17 heavy (non-hydrogen) atoms. The number of fused-ring (bicyclic) bond motifs is 1. The van der Waals surface area contributed by atoms with Gasteiger partial charge in [0.1, 0.15) is 0 Å². The molecule has 5 heteroatoms. The first-order valence-corrected chi connectivity index (χ1v) is 6.45. The average Bonchev–Trinajstić information content (AvgIpc) is 2.96. The number of rotatable bonds is 4. The maximum Gasteiger partial charge on any atom is 0.166 e. The van der Waals surface area contributed by atoms with E-state index in [1.165, 1.54) is 0 Å². The van der Waals surface area contributed by atoms with Crippen LogP contribution in [0.4, 0.5) is 0 Å². The number of aryl methyl sites for hydroxylation is 1. The minimum absolute atomic E-state index is 0.974. The Morgan fingerprint density at radius 3 is 3.00 bits per heavy atom. The van der Waals surface area contributed by atoms with Crippen molar-refractivity contribution in [2.45, 2.75) is 11.6 Å². The van der Waals surface area contributed by atoms with Crippen LogP contribution < -0.4 is 0 Å². The second-order valence-corrected chi connectivity index (χ2v) is 4.82. The van der Waals surface area contributed by atoms with Crippen LogP contribution in [0, 0.1) is 0 Å². The molecule has 2 aromatic heterocycles. The average molecular weight is 244 g/mol. The molecule has 3 rings (SSSR count). The van der Waals surface area contributed by atoms with Crippen LogP contribution in [-0.4, -0.2) is 25.7 Å². The molecule has 0 atom stereocenters. The van der Waals surface area contributed by atoms with Crippen molar-refractivity contribution in [3.05, 3.63) is 42.5 Å². The van der Waals surface area contributed by atoms with Gasteiger partial charge in [0, 0.05) is 17.6 Å². The van der Waals surface area contributed by atoms with E-state index in [1.807, 2.05) is 30.5 Å². The number of imidazole rings is 2. The van der Waals surface area contributed by atoms with Gasteiger partial charge in [0.25, 0.3) is 0 Å². The quantitative estimate of drug-likeness (QED) is 0.694. The van der Waals surface area contributed by atoms with E-state index in [0.717, 1.165) is 34.1 Å². The normalized spacial score (nSPS) is 11.1. The van der Waals surface area contributed by atoms with Gasteiger partial charge in [-0.25, -0.2) is 9.97 Å². The van der Waals surface area contributed by atoms with Gasteiger partial charge in [0.15, 0.2) is 5.16 Å². The number of hydrogen-bond donors (Lipinski definition) is 2. The third-order valence-electron chi connectivity index (χ3n) is 2.53. The van der Waals surface area contributed by atoms with Gasteiger partial charge in [-0.2, -0.15) is 0 Å². The Morgan fingerprint density at radius 1 is 1.24 bits per heavy atom. The highest BCUT2D eigenvalue weighted by Crippen LogP contribution is 2.19. The molecule has 0 bridgehead atoms. The van der Waals surface area contributed by atoms with Crippen molar-refractivity contribution < 1.29 is 0 Å². The van der Waals surface area contributed by atoms with Gasteiger partial charge in [-0.1, -0.05) is 23.9 Å². The molecule has 3 aromatic rings. The summed E-state index contributed by atoms with van der Waals surface area (Å²) < 4.78 is 0. The van der Waals surface area contributed by atoms with E-state index >= 15 is 0 Å². The summed E-state index contributed by atoms with van der Waals surface area (Å²) >= 11 is 1.73. The van der Waals surface area contributed by atoms with Crippen molar-refractivity contribution in [1.82, 2.24) is 19.9 Å². The van der Waals surface area contributed by atoms with Gasteiger partial charge in [-0.05, 0) is 18.6 Å². The van der Waals surface area contributed by atoms with Crippen molar-refractivity contribution in [2.24, 2.45) is 0 Å². The van der Waals surface area contributed by atoms with Gasteiger partial charge in [-0.3, -0.25) is 0 Å². The SMILES string of the molecule is c1ccc2[nH]c(SCCc3cnc[nH]3)nc2c1. The van der Waals surface area contributed by atoms with E-state index in [-0.39, 0.29) is 0 Å². The van der Waals surface area contributed by atoms with Crippen molar-refractivity contribution in [3.8, 4) is 0 Å². The first-order valence-electron chi connectivity index (χ1n) is 5.46. The summed E-state index contributed by atoms with van der Waals surface area (Å²) in [7, 11) is 0. The topological polar surface area (TPSA) is 57.4 Å². The van der Waals surface area contributed by atoms with E-state index < -0.39 is 0 Å². The summed E-state index contributed by atoms with van der Waals surface area (Å²) in [6.45, 7) is 0. The number of benzene rings is 1. The highest BCUT2D eigenvalue weighted by Gasteiger charge is 2.02. The monoisotopic (exact) mass is 244 g/mol. The fourth-order valence-electron chi connectivity index (χ4n) is 1.68. The minimum Gasteiger partial charge on any atom is -0.348 e. The first-order chi connectivity index (χ1) is 8.42. The molecular weight excluding hydrogens is 232 g/mol. The molecule has 0 spiro atoms. The molecule has 0 saturated carbocycles. The summed E-state index contributed by atoms with van der Waals surface area (Å²) in [5, 5.41) is 0.978. The van der Waals surface area contributed by atoms with Crippen LogP contribution in [-0.2, 0) is 6.42 Å². The molecule has 0 aliphatic rings. The number of hydrogen-bond acceptors (Lipinski definition) is 3. The Labute approximate surface area is 103 Å². The predicted molar refractivity (Wildman–Crippen MR) is 69.1 cm³/mol. The summed E-state index contributed by atoms with van der Waals surface area (Å²) in [5.74, 6) is 0.988. The lowest BCUT2D eigenvalue weighted by Crippen LogP contribution is -1.88. The molecule has 0 unspecified atom stereocenters.